The third kappa shape index (κ3) is 4.07. The Hall–Kier alpha value is -2.40. The molecular weight excluding hydrogens is 312 g/mol. The van der Waals surface area contributed by atoms with Gasteiger partial charge in [-0.2, -0.15) is 0 Å². The highest BCUT2D eigenvalue weighted by molar-refractivity contribution is 6.30. The first-order valence-corrected chi connectivity index (χ1v) is 7.90. The number of pyridine rings is 1. The van der Waals surface area contributed by atoms with E-state index >= 15 is 0 Å². The van der Waals surface area contributed by atoms with Crippen molar-refractivity contribution < 1.29 is 4.79 Å². The van der Waals surface area contributed by atoms with Gasteiger partial charge in [-0.3, -0.25) is 9.20 Å². The molecule has 23 heavy (non-hydrogen) atoms. The lowest BCUT2D eigenvalue weighted by Gasteiger charge is -2.05. The summed E-state index contributed by atoms with van der Waals surface area (Å²) in [7, 11) is 0. The highest BCUT2D eigenvalue weighted by atomic mass is 35.5. The summed E-state index contributed by atoms with van der Waals surface area (Å²) in [4.78, 5) is 11.9. The van der Waals surface area contributed by atoms with E-state index in [0.29, 0.717) is 30.8 Å². The van der Waals surface area contributed by atoms with Crippen LogP contribution in [0.1, 0.15) is 17.8 Å². The van der Waals surface area contributed by atoms with E-state index < -0.39 is 0 Å². The highest BCUT2D eigenvalue weighted by Crippen LogP contribution is 2.10. The van der Waals surface area contributed by atoms with Gasteiger partial charge in [-0.05, 0) is 36.2 Å². The molecule has 0 fully saturated rings. The van der Waals surface area contributed by atoms with Crippen molar-refractivity contribution in [2.24, 2.45) is 0 Å². The number of rotatable bonds is 6. The molecule has 0 radical (unpaired) electrons. The minimum atomic E-state index is 0.0359. The zero-order chi connectivity index (χ0) is 16.1. The van der Waals surface area contributed by atoms with Gasteiger partial charge in [0.05, 0.1) is 0 Å². The lowest BCUT2D eigenvalue weighted by molar-refractivity contribution is -0.121. The third-order valence-electron chi connectivity index (χ3n) is 3.61. The molecule has 3 aromatic rings. The van der Waals surface area contributed by atoms with Gasteiger partial charge in [-0.15, -0.1) is 10.2 Å². The first kappa shape index (κ1) is 15.5. The smallest absolute Gasteiger partial charge is 0.220 e. The molecule has 1 aromatic carbocycles. The number of fused-ring (bicyclic) bond motifs is 1. The van der Waals surface area contributed by atoms with Gasteiger partial charge in [0.25, 0.3) is 0 Å². The average molecular weight is 329 g/mol. The lowest BCUT2D eigenvalue weighted by Crippen LogP contribution is -2.26. The first-order valence-electron chi connectivity index (χ1n) is 7.52. The Morgan fingerprint density at radius 2 is 1.91 bits per heavy atom. The summed E-state index contributed by atoms with van der Waals surface area (Å²) >= 11 is 5.84. The van der Waals surface area contributed by atoms with Gasteiger partial charge in [0, 0.05) is 30.6 Å². The number of carbonyl (C=O) groups excluding carboxylic acids is 1. The van der Waals surface area contributed by atoms with E-state index in [9.17, 15) is 4.79 Å². The third-order valence-corrected chi connectivity index (χ3v) is 3.86. The van der Waals surface area contributed by atoms with Crippen LogP contribution < -0.4 is 5.32 Å². The maximum absolute atomic E-state index is 11.9. The van der Waals surface area contributed by atoms with Crippen LogP contribution in [0.4, 0.5) is 0 Å². The highest BCUT2D eigenvalue weighted by Gasteiger charge is 2.06. The Morgan fingerprint density at radius 3 is 2.74 bits per heavy atom. The lowest BCUT2D eigenvalue weighted by atomic mass is 10.1. The molecule has 0 unspecified atom stereocenters. The first-order chi connectivity index (χ1) is 11.2. The molecule has 5 nitrogen and oxygen atoms in total. The molecule has 1 amide bonds. The monoisotopic (exact) mass is 328 g/mol. The molecule has 0 aliphatic rings. The number of carbonyl (C=O) groups is 1. The summed E-state index contributed by atoms with van der Waals surface area (Å²) in [6.07, 6.45) is 3.74. The Morgan fingerprint density at radius 1 is 1.09 bits per heavy atom. The van der Waals surface area contributed by atoms with Crippen molar-refractivity contribution in [2.75, 3.05) is 6.54 Å². The van der Waals surface area contributed by atoms with Crippen LogP contribution in [0.25, 0.3) is 5.65 Å². The number of aryl methyl sites for hydroxylation is 1. The summed E-state index contributed by atoms with van der Waals surface area (Å²) in [5.41, 5.74) is 1.92. The van der Waals surface area contributed by atoms with Crippen molar-refractivity contribution in [1.29, 1.82) is 0 Å². The quantitative estimate of drug-likeness (QED) is 0.757. The number of hydrogen-bond acceptors (Lipinski definition) is 3. The van der Waals surface area contributed by atoms with E-state index in [-0.39, 0.29) is 5.91 Å². The van der Waals surface area contributed by atoms with Crippen LogP contribution in [0.15, 0.2) is 48.7 Å². The molecule has 6 heteroatoms. The topological polar surface area (TPSA) is 59.3 Å². The van der Waals surface area contributed by atoms with Crippen molar-refractivity contribution >= 4 is 23.2 Å². The van der Waals surface area contributed by atoms with Crippen molar-refractivity contribution in [3.05, 3.63) is 65.1 Å². The van der Waals surface area contributed by atoms with Crippen molar-refractivity contribution in [1.82, 2.24) is 19.9 Å². The van der Waals surface area contributed by atoms with E-state index in [2.05, 4.69) is 15.5 Å². The van der Waals surface area contributed by atoms with Gasteiger partial charge < -0.3 is 5.32 Å². The zero-order valence-corrected chi connectivity index (χ0v) is 13.3. The largest absolute Gasteiger partial charge is 0.356 e. The molecular formula is C17H17ClN4O. The number of amides is 1. The standard InChI is InChI=1S/C17H17ClN4O/c18-14-7-4-13(5-8-14)6-9-17(23)19-11-10-16-21-20-15-3-1-2-12-22(15)16/h1-5,7-8,12H,6,9-11H2,(H,19,23). The van der Waals surface area contributed by atoms with Gasteiger partial charge in [-0.1, -0.05) is 29.8 Å². The second kappa shape index (κ2) is 7.24. The molecule has 118 valence electrons. The molecule has 0 atom stereocenters. The maximum atomic E-state index is 11.9. The normalized spacial score (nSPS) is 10.8. The number of aromatic nitrogens is 3. The van der Waals surface area contributed by atoms with Crippen molar-refractivity contribution in [3.8, 4) is 0 Å². The minimum Gasteiger partial charge on any atom is -0.356 e. The van der Waals surface area contributed by atoms with E-state index in [1.807, 2.05) is 53.1 Å². The number of halogens is 1. The van der Waals surface area contributed by atoms with E-state index in [1.165, 1.54) is 0 Å². The van der Waals surface area contributed by atoms with Crippen LogP contribution in [-0.2, 0) is 17.6 Å². The summed E-state index contributed by atoms with van der Waals surface area (Å²) in [5, 5.41) is 11.9. The molecule has 0 saturated heterocycles. The van der Waals surface area contributed by atoms with Crippen LogP contribution in [0, 0.1) is 0 Å². The number of nitrogens with one attached hydrogen (secondary N) is 1. The van der Waals surface area contributed by atoms with E-state index in [4.69, 9.17) is 11.6 Å². The van der Waals surface area contributed by atoms with Gasteiger partial charge in [0.15, 0.2) is 5.65 Å². The predicted molar refractivity (Wildman–Crippen MR) is 89.5 cm³/mol. The van der Waals surface area contributed by atoms with Crippen LogP contribution in [-0.4, -0.2) is 27.0 Å². The van der Waals surface area contributed by atoms with Crippen LogP contribution >= 0.6 is 11.6 Å². The minimum absolute atomic E-state index is 0.0359. The molecule has 0 aliphatic heterocycles. The van der Waals surface area contributed by atoms with Gasteiger partial charge in [-0.25, -0.2) is 0 Å². The number of benzene rings is 1. The molecule has 0 bridgehead atoms. The summed E-state index contributed by atoms with van der Waals surface area (Å²) < 4.78 is 1.93. The number of nitrogens with zero attached hydrogens (tertiary/aromatic N) is 3. The van der Waals surface area contributed by atoms with Gasteiger partial charge >= 0.3 is 0 Å². The van der Waals surface area contributed by atoms with Crippen LogP contribution in [0.3, 0.4) is 0 Å². The second-order valence-electron chi connectivity index (χ2n) is 5.27. The maximum Gasteiger partial charge on any atom is 0.220 e. The molecule has 0 spiro atoms. The average Bonchev–Trinajstić information content (AvgIpc) is 2.98. The fourth-order valence-corrected chi connectivity index (χ4v) is 2.50. The summed E-state index contributed by atoms with van der Waals surface area (Å²) in [6, 6.07) is 13.3. The molecule has 0 saturated carbocycles. The Bertz CT molecular complexity index is 798. The Kier molecular flexibility index (Phi) is 4.88. The molecule has 0 aliphatic carbocycles. The van der Waals surface area contributed by atoms with Crippen LogP contribution in [0.2, 0.25) is 5.02 Å². The molecule has 2 aromatic heterocycles. The van der Waals surface area contributed by atoms with Gasteiger partial charge in [0.2, 0.25) is 5.91 Å². The Labute approximate surface area is 139 Å². The molecule has 1 N–H and O–H groups in total. The van der Waals surface area contributed by atoms with Gasteiger partial charge in [0.1, 0.15) is 5.82 Å². The summed E-state index contributed by atoms with van der Waals surface area (Å²) in [6.45, 7) is 0.551. The van der Waals surface area contributed by atoms with Crippen molar-refractivity contribution in [2.45, 2.75) is 19.3 Å². The SMILES string of the molecule is O=C(CCc1ccc(Cl)cc1)NCCc1nnc2ccccn12. The molecule has 3 rings (SSSR count). The zero-order valence-electron chi connectivity index (χ0n) is 12.6. The second-order valence-corrected chi connectivity index (χ2v) is 5.71. The number of hydrogen-bond donors (Lipinski definition) is 1. The Balaban J connectivity index is 1.45. The van der Waals surface area contributed by atoms with E-state index in [1.54, 1.807) is 0 Å². The predicted octanol–water partition coefficient (Wildman–Crippen LogP) is 2.67. The fraction of sp³-hybridized carbons (Fsp3) is 0.235. The summed E-state index contributed by atoms with van der Waals surface area (Å²) in [5.74, 6) is 0.882. The van der Waals surface area contributed by atoms with Crippen molar-refractivity contribution in [3.63, 3.8) is 0 Å². The fourth-order valence-electron chi connectivity index (χ4n) is 2.37. The molecule has 2 heterocycles. The van der Waals surface area contributed by atoms with Crippen LogP contribution in [0.5, 0.6) is 0 Å². The van der Waals surface area contributed by atoms with E-state index in [0.717, 1.165) is 17.0 Å².